The van der Waals surface area contributed by atoms with E-state index in [1.54, 1.807) is 25.1 Å². The van der Waals surface area contributed by atoms with Gasteiger partial charge in [-0.25, -0.2) is 17.5 Å². The molecular formula is C16H12BrClFN3O4S. The van der Waals surface area contributed by atoms with Crippen molar-refractivity contribution in [2.24, 2.45) is 0 Å². The number of aryl methyl sites for hydroxylation is 1. The number of amides is 1. The Bertz CT molecular complexity index is 1180. The van der Waals surface area contributed by atoms with Crippen molar-refractivity contribution < 1.29 is 22.1 Å². The molecule has 0 unspecified atom stereocenters. The molecule has 142 valence electrons. The molecule has 11 heteroatoms. The summed E-state index contributed by atoms with van der Waals surface area (Å²) in [6, 6.07) is 6.12. The number of nitrogens with zero attached hydrogens (tertiary/aromatic N) is 1. The van der Waals surface area contributed by atoms with Gasteiger partial charge in [-0.15, -0.1) is 0 Å². The molecule has 7 nitrogen and oxygen atoms in total. The fourth-order valence-electron chi connectivity index (χ4n) is 2.40. The van der Waals surface area contributed by atoms with Gasteiger partial charge in [-0.3, -0.25) is 4.79 Å². The maximum atomic E-state index is 15.1. The molecule has 0 saturated carbocycles. The van der Waals surface area contributed by atoms with Gasteiger partial charge in [0.25, 0.3) is 5.91 Å². The predicted octanol–water partition coefficient (Wildman–Crippen LogP) is 4.12. The lowest BCUT2D eigenvalue weighted by molar-refractivity contribution is 0.0982. The number of rotatable bonds is 4. The number of sulfonamides is 1. The molecule has 1 aromatic heterocycles. The summed E-state index contributed by atoms with van der Waals surface area (Å²) in [6.07, 6.45) is 0.823. The van der Waals surface area contributed by atoms with E-state index in [1.807, 2.05) is 4.72 Å². The Hall–Kier alpha value is -2.17. The van der Waals surface area contributed by atoms with Gasteiger partial charge in [-0.1, -0.05) is 32.7 Å². The highest BCUT2D eigenvalue weighted by molar-refractivity contribution is 9.10. The van der Waals surface area contributed by atoms with Crippen LogP contribution >= 0.6 is 27.5 Å². The largest absolute Gasteiger partial charge is 0.353 e. The molecule has 0 atom stereocenters. The third-order valence-electron chi connectivity index (χ3n) is 3.60. The minimum absolute atomic E-state index is 0.167. The first-order chi connectivity index (χ1) is 12.6. The van der Waals surface area contributed by atoms with Crippen LogP contribution in [0.2, 0.25) is 5.02 Å². The first kappa shape index (κ1) is 19.6. The zero-order valence-electron chi connectivity index (χ0n) is 13.9. The van der Waals surface area contributed by atoms with Crippen molar-refractivity contribution in [1.29, 1.82) is 0 Å². The molecule has 3 aromatic rings. The third-order valence-corrected chi connectivity index (χ3v) is 4.96. The SMILES string of the molecule is Cc1noc2c(F)c(Nc3ccc(Br)cc3Cl)c(C(=O)NS(C)(=O)=O)cc12. The van der Waals surface area contributed by atoms with Gasteiger partial charge in [0.05, 0.1) is 33.9 Å². The summed E-state index contributed by atoms with van der Waals surface area (Å²) in [5.41, 5.74) is -0.0350. The molecule has 3 rings (SSSR count). The second-order valence-electron chi connectivity index (χ2n) is 5.71. The van der Waals surface area contributed by atoms with Crippen molar-refractivity contribution in [1.82, 2.24) is 9.88 Å². The van der Waals surface area contributed by atoms with Crippen molar-refractivity contribution in [3.8, 4) is 0 Å². The van der Waals surface area contributed by atoms with E-state index in [0.717, 1.165) is 6.26 Å². The number of anilines is 2. The first-order valence-corrected chi connectivity index (χ1v) is 10.5. The van der Waals surface area contributed by atoms with Crippen LogP contribution in [0.3, 0.4) is 0 Å². The number of aromatic nitrogens is 1. The molecule has 0 bridgehead atoms. The highest BCUT2D eigenvalue weighted by Gasteiger charge is 2.24. The molecule has 27 heavy (non-hydrogen) atoms. The first-order valence-electron chi connectivity index (χ1n) is 7.39. The monoisotopic (exact) mass is 475 g/mol. The van der Waals surface area contributed by atoms with E-state index in [4.69, 9.17) is 16.1 Å². The fraction of sp³-hybridized carbons (Fsp3) is 0.125. The van der Waals surface area contributed by atoms with Gasteiger partial charge < -0.3 is 9.84 Å². The minimum atomic E-state index is -3.86. The van der Waals surface area contributed by atoms with Crippen molar-refractivity contribution in [3.63, 3.8) is 0 Å². The normalized spacial score (nSPS) is 11.6. The summed E-state index contributed by atoms with van der Waals surface area (Å²) >= 11 is 9.41. The van der Waals surface area contributed by atoms with E-state index in [1.165, 1.54) is 6.07 Å². The summed E-state index contributed by atoms with van der Waals surface area (Å²) in [5.74, 6) is -1.90. The quantitative estimate of drug-likeness (QED) is 0.587. The molecule has 0 aliphatic heterocycles. The number of carbonyl (C=O) groups excluding carboxylic acids is 1. The van der Waals surface area contributed by atoms with Gasteiger partial charge >= 0.3 is 0 Å². The van der Waals surface area contributed by atoms with Gasteiger partial charge in [0.15, 0.2) is 5.82 Å². The van der Waals surface area contributed by atoms with Crippen LogP contribution in [-0.4, -0.2) is 25.7 Å². The number of hydrogen-bond acceptors (Lipinski definition) is 6. The minimum Gasteiger partial charge on any atom is -0.353 e. The standard InChI is InChI=1S/C16H12BrClFN3O4S/c1-7-9-6-10(16(23)22-27(2,24)25)14(13(19)15(9)26-21-7)20-12-4-3-8(17)5-11(12)18/h3-6,20H,1-2H3,(H,22,23). The Balaban J connectivity index is 2.20. The van der Waals surface area contributed by atoms with Gasteiger partial charge in [0, 0.05) is 9.86 Å². The Morgan fingerprint density at radius 1 is 1.33 bits per heavy atom. The highest BCUT2D eigenvalue weighted by Crippen LogP contribution is 2.35. The Labute approximate surface area is 167 Å². The fourth-order valence-corrected chi connectivity index (χ4v) is 3.57. The summed E-state index contributed by atoms with van der Waals surface area (Å²) < 4.78 is 45.4. The molecule has 1 heterocycles. The topological polar surface area (TPSA) is 101 Å². The van der Waals surface area contributed by atoms with E-state index >= 15 is 4.39 Å². The van der Waals surface area contributed by atoms with Crippen LogP contribution in [0.5, 0.6) is 0 Å². The second-order valence-corrected chi connectivity index (χ2v) is 8.78. The summed E-state index contributed by atoms with van der Waals surface area (Å²) in [4.78, 5) is 12.5. The zero-order valence-corrected chi connectivity index (χ0v) is 17.1. The zero-order chi connectivity index (χ0) is 19.9. The van der Waals surface area contributed by atoms with E-state index in [0.29, 0.717) is 15.9 Å². The number of hydrogen-bond donors (Lipinski definition) is 2. The number of benzene rings is 2. The van der Waals surface area contributed by atoms with Gasteiger partial charge in [0.1, 0.15) is 0 Å². The lowest BCUT2D eigenvalue weighted by Crippen LogP contribution is -2.30. The lowest BCUT2D eigenvalue weighted by atomic mass is 10.1. The number of fused-ring (bicyclic) bond motifs is 1. The second kappa shape index (κ2) is 7.10. The van der Waals surface area contributed by atoms with Crippen LogP contribution < -0.4 is 10.0 Å². The Morgan fingerprint density at radius 2 is 2.04 bits per heavy atom. The van der Waals surface area contributed by atoms with Crippen molar-refractivity contribution in [2.75, 3.05) is 11.6 Å². The van der Waals surface area contributed by atoms with Crippen LogP contribution in [0.25, 0.3) is 11.0 Å². The lowest BCUT2D eigenvalue weighted by Gasteiger charge is -2.14. The third kappa shape index (κ3) is 4.07. The van der Waals surface area contributed by atoms with Gasteiger partial charge in [-0.2, -0.15) is 0 Å². The summed E-state index contributed by atoms with van der Waals surface area (Å²) in [6.45, 7) is 1.57. The van der Waals surface area contributed by atoms with Crippen LogP contribution in [0, 0.1) is 12.7 Å². The number of carbonyl (C=O) groups is 1. The van der Waals surface area contributed by atoms with Crippen LogP contribution in [0.15, 0.2) is 33.3 Å². The van der Waals surface area contributed by atoms with Gasteiger partial charge in [0.2, 0.25) is 15.6 Å². The van der Waals surface area contributed by atoms with Crippen LogP contribution in [0.1, 0.15) is 16.1 Å². The van der Waals surface area contributed by atoms with Gasteiger partial charge in [-0.05, 0) is 31.2 Å². The molecule has 0 radical (unpaired) electrons. The van der Waals surface area contributed by atoms with Crippen molar-refractivity contribution in [2.45, 2.75) is 6.92 Å². The highest BCUT2D eigenvalue weighted by atomic mass is 79.9. The van der Waals surface area contributed by atoms with Crippen molar-refractivity contribution in [3.05, 3.63) is 50.8 Å². The average Bonchev–Trinajstić information content (AvgIpc) is 2.92. The smallest absolute Gasteiger partial charge is 0.266 e. The molecule has 1 amide bonds. The maximum absolute atomic E-state index is 15.1. The summed E-state index contributed by atoms with van der Waals surface area (Å²) in [7, 11) is -3.86. The van der Waals surface area contributed by atoms with E-state index in [9.17, 15) is 13.2 Å². The summed E-state index contributed by atoms with van der Waals surface area (Å²) in [5, 5.41) is 6.92. The molecule has 2 N–H and O–H groups in total. The Morgan fingerprint density at radius 3 is 2.67 bits per heavy atom. The molecule has 0 spiro atoms. The number of nitrogens with one attached hydrogen (secondary N) is 2. The van der Waals surface area contributed by atoms with E-state index in [2.05, 4.69) is 26.4 Å². The molecule has 0 fully saturated rings. The van der Waals surface area contributed by atoms with E-state index in [-0.39, 0.29) is 27.2 Å². The molecule has 0 aliphatic carbocycles. The Kier molecular flexibility index (Phi) is 5.15. The number of halogens is 3. The van der Waals surface area contributed by atoms with Crippen LogP contribution in [-0.2, 0) is 10.0 Å². The molecule has 0 aliphatic rings. The molecule has 0 saturated heterocycles. The average molecular weight is 477 g/mol. The van der Waals surface area contributed by atoms with E-state index < -0.39 is 21.7 Å². The molecular weight excluding hydrogens is 465 g/mol. The van der Waals surface area contributed by atoms with Crippen LogP contribution in [0.4, 0.5) is 15.8 Å². The van der Waals surface area contributed by atoms with Crippen molar-refractivity contribution >= 4 is 65.8 Å². The maximum Gasteiger partial charge on any atom is 0.266 e. The predicted molar refractivity (Wildman–Crippen MR) is 103 cm³/mol. The molecule has 2 aromatic carbocycles.